The molecule has 1 heterocycles. The van der Waals surface area contributed by atoms with Crippen LogP contribution in [0.25, 0.3) is 0 Å². The summed E-state index contributed by atoms with van der Waals surface area (Å²) in [4.78, 5) is 76.1. The van der Waals surface area contributed by atoms with E-state index >= 15 is 0 Å². The summed E-state index contributed by atoms with van der Waals surface area (Å²) in [5, 5.41) is 13.1. The highest BCUT2D eigenvalue weighted by atomic mass is 16.6. The monoisotopic (exact) mass is 652 g/mol. The minimum Gasteiger partial charge on any atom is -0.462 e. The molecule has 1 saturated heterocycles. The second-order valence-electron chi connectivity index (χ2n) is 13.6. The van der Waals surface area contributed by atoms with Gasteiger partial charge in [-0.3, -0.25) is 28.8 Å². The van der Waals surface area contributed by atoms with E-state index in [0.29, 0.717) is 5.57 Å². The van der Waals surface area contributed by atoms with Crippen molar-refractivity contribution in [3.05, 3.63) is 11.1 Å². The molecule has 0 aromatic carbocycles. The number of esters is 6. The van der Waals surface area contributed by atoms with E-state index in [4.69, 9.17) is 33.2 Å². The topological polar surface area (TPSA) is 191 Å². The number of rotatable bonds is 6. The zero-order valence-corrected chi connectivity index (χ0v) is 27.9. The zero-order valence-electron chi connectivity index (χ0n) is 27.9. The van der Waals surface area contributed by atoms with Gasteiger partial charge in [-0.25, -0.2) is 0 Å². The number of ether oxygens (including phenoxy) is 7. The molecule has 7 unspecified atom stereocenters. The maximum absolute atomic E-state index is 13.1. The van der Waals surface area contributed by atoms with E-state index in [0.717, 1.165) is 13.8 Å². The molecule has 0 aromatic rings. The van der Waals surface area contributed by atoms with Gasteiger partial charge in [0.15, 0.2) is 12.2 Å². The van der Waals surface area contributed by atoms with Gasteiger partial charge in [0.2, 0.25) is 0 Å². The van der Waals surface area contributed by atoms with Crippen LogP contribution in [0.1, 0.15) is 82.1 Å². The van der Waals surface area contributed by atoms with E-state index in [-0.39, 0.29) is 25.0 Å². The van der Waals surface area contributed by atoms with E-state index in [2.05, 4.69) is 0 Å². The molecule has 46 heavy (non-hydrogen) atoms. The highest BCUT2D eigenvalue weighted by Gasteiger charge is 2.80. The third-order valence-electron chi connectivity index (χ3n) is 10.3. The van der Waals surface area contributed by atoms with Crippen molar-refractivity contribution >= 4 is 35.8 Å². The summed E-state index contributed by atoms with van der Waals surface area (Å²) in [6.45, 7) is 13.6. The number of carbonyl (C=O) groups is 6. The van der Waals surface area contributed by atoms with Crippen molar-refractivity contribution in [3.63, 3.8) is 0 Å². The predicted octanol–water partition coefficient (Wildman–Crippen LogP) is 1.86. The van der Waals surface area contributed by atoms with Crippen LogP contribution in [0.5, 0.6) is 0 Å². The molecule has 10 atom stereocenters. The Kier molecular flexibility index (Phi) is 9.16. The van der Waals surface area contributed by atoms with Crippen LogP contribution in [0.15, 0.2) is 11.1 Å². The lowest BCUT2D eigenvalue weighted by Gasteiger charge is -2.64. The molecule has 0 aromatic heterocycles. The van der Waals surface area contributed by atoms with E-state index in [1.807, 2.05) is 0 Å². The SMILES string of the molecule is CC(=O)OC1C[C@@]2(O)C(OC(C)=O)C3[C@]4(CO4)C(OC(C)=O)CC(OC(C)=O)[C@@]3(C)C(OC(C)=O)C(OC(C)=O)C(=C1C)C2(C)C. The lowest BCUT2D eigenvalue weighted by molar-refractivity contribution is -0.284. The average molecular weight is 653 g/mol. The van der Waals surface area contributed by atoms with Crippen molar-refractivity contribution in [1.82, 2.24) is 0 Å². The van der Waals surface area contributed by atoms with Gasteiger partial charge in [-0.2, -0.15) is 0 Å². The smallest absolute Gasteiger partial charge is 0.303 e. The molecule has 0 amide bonds. The lowest BCUT2D eigenvalue weighted by atomic mass is 9.45. The van der Waals surface area contributed by atoms with Crippen molar-refractivity contribution in [2.45, 2.75) is 130 Å². The molecule has 4 rings (SSSR count). The first-order valence-electron chi connectivity index (χ1n) is 15.2. The first kappa shape index (κ1) is 35.3. The summed E-state index contributed by atoms with van der Waals surface area (Å²) in [6, 6.07) is 0. The molecule has 256 valence electrons. The second kappa shape index (κ2) is 11.9. The Balaban J connectivity index is 2.20. The number of hydrogen-bond acceptors (Lipinski definition) is 14. The van der Waals surface area contributed by atoms with Crippen LogP contribution in [0.2, 0.25) is 0 Å². The number of aliphatic hydroxyl groups is 1. The van der Waals surface area contributed by atoms with Gasteiger partial charge in [-0.1, -0.05) is 20.8 Å². The molecule has 4 aliphatic rings. The van der Waals surface area contributed by atoms with Crippen molar-refractivity contribution in [3.8, 4) is 0 Å². The van der Waals surface area contributed by atoms with Gasteiger partial charge < -0.3 is 38.3 Å². The van der Waals surface area contributed by atoms with Gasteiger partial charge in [-0.15, -0.1) is 0 Å². The summed E-state index contributed by atoms with van der Waals surface area (Å²) < 4.78 is 41.5. The highest BCUT2D eigenvalue weighted by Crippen LogP contribution is 2.67. The predicted molar refractivity (Wildman–Crippen MR) is 154 cm³/mol. The maximum Gasteiger partial charge on any atom is 0.303 e. The average Bonchev–Trinajstić information content (AvgIpc) is 3.67. The van der Waals surface area contributed by atoms with Crippen LogP contribution < -0.4 is 0 Å². The molecule has 3 fully saturated rings. The van der Waals surface area contributed by atoms with Crippen LogP contribution in [0.3, 0.4) is 0 Å². The fourth-order valence-corrected chi connectivity index (χ4v) is 8.43. The Hall–Kier alpha value is -3.52. The minimum atomic E-state index is -2.09. The Morgan fingerprint density at radius 1 is 0.696 bits per heavy atom. The molecule has 14 nitrogen and oxygen atoms in total. The van der Waals surface area contributed by atoms with Crippen LogP contribution in [0, 0.1) is 16.7 Å². The standard InChI is InChI=1S/C32H44O14/c1-14-21(41-15(2)33)12-32(39)28(46-20(7)38)26-30(10,22(42-16(3)34)11-23(43-17(4)35)31(26)13-40-31)27(45-19(6)37)25(44-18(5)36)24(14)29(32,8)9/h21-23,25-28,39H,11-13H2,1-10H3/t21?,22?,23?,25?,26?,27?,28?,30-,31+,32-/m1/s1. The van der Waals surface area contributed by atoms with E-state index < -0.39 is 100 Å². The van der Waals surface area contributed by atoms with Crippen LogP contribution in [-0.2, 0) is 61.9 Å². The first-order chi connectivity index (χ1) is 21.1. The molecular formula is C32H44O14. The van der Waals surface area contributed by atoms with Gasteiger partial charge in [0, 0.05) is 65.7 Å². The van der Waals surface area contributed by atoms with Crippen molar-refractivity contribution in [2.75, 3.05) is 6.61 Å². The molecule has 3 aliphatic carbocycles. The molecule has 2 saturated carbocycles. The molecular weight excluding hydrogens is 608 g/mol. The second-order valence-corrected chi connectivity index (χ2v) is 13.6. The van der Waals surface area contributed by atoms with E-state index in [1.54, 1.807) is 27.7 Å². The number of epoxide rings is 1. The van der Waals surface area contributed by atoms with Crippen LogP contribution in [0.4, 0.5) is 0 Å². The van der Waals surface area contributed by atoms with Gasteiger partial charge in [0.05, 0.1) is 12.0 Å². The van der Waals surface area contributed by atoms with E-state index in [9.17, 15) is 33.9 Å². The Morgan fingerprint density at radius 2 is 1.15 bits per heavy atom. The number of fused-ring (bicyclic) bond motifs is 4. The third kappa shape index (κ3) is 5.67. The first-order valence-corrected chi connectivity index (χ1v) is 15.2. The van der Waals surface area contributed by atoms with Crippen molar-refractivity contribution in [1.29, 1.82) is 0 Å². The third-order valence-corrected chi connectivity index (χ3v) is 10.3. The lowest BCUT2D eigenvalue weighted by Crippen LogP contribution is -2.76. The number of carbonyl (C=O) groups excluding carboxylic acids is 6. The van der Waals surface area contributed by atoms with Gasteiger partial charge in [-0.05, 0) is 18.1 Å². The minimum absolute atomic E-state index is 0.0353. The maximum atomic E-state index is 13.1. The summed E-state index contributed by atoms with van der Waals surface area (Å²) in [6.07, 6.45) is -8.16. The van der Waals surface area contributed by atoms with Crippen molar-refractivity contribution < 1.29 is 67.0 Å². The summed E-state index contributed by atoms with van der Waals surface area (Å²) >= 11 is 0. The summed E-state index contributed by atoms with van der Waals surface area (Å²) in [7, 11) is 0. The van der Waals surface area contributed by atoms with Gasteiger partial charge in [0.25, 0.3) is 0 Å². The van der Waals surface area contributed by atoms with Crippen LogP contribution >= 0.6 is 0 Å². The quantitative estimate of drug-likeness (QED) is 0.189. The fraction of sp³-hybridized carbons (Fsp3) is 0.750. The summed E-state index contributed by atoms with van der Waals surface area (Å²) in [5.41, 5.74) is -5.89. The molecule has 0 radical (unpaired) electrons. The molecule has 2 bridgehead atoms. The van der Waals surface area contributed by atoms with Crippen LogP contribution in [-0.4, -0.2) is 95.4 Å². The largest absolute Gasteiger partial charge is 0.462 e. The molecule has 14 heteroatoms. The van der Waals surface area contributed by atoms with Gasteiger partial charge >= 0.3 is 35.8 Å². The number of hydrogen-bond donors (Lipinski definition) is 1. The van der Waals surface area contributed by atoms with E-state index in [1.165, 1.54) is 27.7 Å². The fourth-order valence-electron chi connectivity index (χ4n) is 8.43. The zero-order chi connectivity index (χ0) is 34.7. The van der Waals surface area contributed by atoms with Gasteiger partial charge in [0.1, 0.15) is 35.6 Å². The Labute approximate surface area is 267 Å². The highest BCUT2D eigenvalue weighted by molar-refractivity contribution is 5.70. The van der Waals surface area contributed by atoms with Crippen molar-refractivity contribution in [2.24, 2.45) is 16.7 Å². The Morgan fingerprint density at radius 3 is 1.61 bits per heavy atom. The molecule has 1 spiro atoms. The molecule has 1 aliphatic heterocycles. The normalized spacial score (nSPS) is 39.1. The summed E-state index contributed by atoms with van der Waals surface area (Å²) in [5.74, 6) is -5.60. The molecule has 1 N–H and O–H groups in total. The Bertz CT molecular complexity index is 1360.